The van der Waals surface area contributed by atoms with Gasteiger partial charge in [0.25, 0.3) is 11.4 Å². The molecule has 104 valence electrons. The third-order valence-corrected chi connectivity index (χ3v) is 3.89. The molecule has 0 unspecified atom stereocenters. The Hall–Kier alpha value is -2.30. The smallest absolute Gasteiger partial charge is 0.292 e. The predicted molar refractivity (Wildman–Crippen MR) is 73.7 cm³/mol. The van der Waals surface area contributed by atoms with Gasteiger partial charge < -0.3 is 9.94 Å². The number of hydrogen-bond acceptors (Lipinski definition) is 3. The van der Waals surface area contributed by atoms with Crippen LogP contribution in [0.4, 0.5) is 0 Å². The zero-order chi connectivity index (χ0) is 14.3. The van der Waals surface area contributed by atoms with Gasteiger partial charge in [-0.15, -0.1) is 0 Å². The lowest BCUT2D eigenvalue weighted by atomic mass is 10.1. The van der Waals surface area contributed by atoms with E-state index in [9.17, 15) is 10.1 Å². The molecule has 5 nitrogen and oxygen atoms in total. The molecule has 1 aliphatic rings. The van der Waals surface area contributed by atoms with Crippen LogP contribution in [0.15, 0.2) is 24.3 Å². The van der Waals surface area contributed by atoms with E-state index in [1.54, 1.807) is 14.0 Å². The molecule has 0 amide bonds. The van der Waals surface area contributed by atoms with E-state index in [1.165, 1.54) is 0 Å². The normalized spacial score (nSPS) is 13.3. The molecule has 3 rings (SSSR count). The SMILES string of the molecule is COc1ccc(-c2c(C)n(O)c3c([n+]2=O)CCC3)cc1. The molecule has 0 radical (unpaired) electrons. The van der Waals surface area contributed by atoms with Crippen LogP contribution in [0.25, 0.3) is 11.3 Å². The van der Waals surface area contributed by atoms with Crippen molar-refractivity contribution >= 4 is 0 Å². The molecule has 0 saturated carbocycles. The van der Waals surface area contributed by atoms with E-state index in [0.717, 1.165) is 39.0 Å². The summed E-state index contributed by atoms with van der Waals surface area (Å²) in [6.07, 6.45) is 2.37. The number of ether oxygens (including phenoxy) is 1. The van der Waals surface area contributed by atoms with E-state index >= 15 is 0 Å². The van der Waals surface area contributed by atoms with E-state index < -0.39 is 0 Å². The van der Waals surface area contributed by atoms with Gasteiger partial charge >= 0.3 is 0 Å². The summed E-state index contributed by atoms with van der Waals surface area (Å²) in [4.78, 5) is 12.5. The second-order valence-corrected chi connectivity index (χ2v) is 5.02. The number of aromatic nitrogens is 2. The van der Waals surface area contributed by atoms with Crippen LogP contribution in [0.2, 0.25) is 0 Å². The zero-order valence-corrected chi connectivity index (χ0v) is 11.6. The number of fused-ring (bicyclic) bond motifs is 1. The molecule has 1 N–H and O–H groups in total. The maximum Gasteiger partial charge on any atom is 0.292 e. The molecule has 1 heterocycles. The minimum atomic E-state index is 0.496. The number of hydrogen-bond donors (Lipinski definition) is 1. The summed E-state index contributed by atoms with van der Waals surface area (Å²) in [5.41, 5.74) is 3.23. The highest BCUT2D eigenvalue weighted by molar-refractivity contribution is 5.60. The van der Waals surface area contributed by atoms with Crippen molar-refractivity contribution in [2.24, 2.45) is 0 Å². The van der Waals surface area contributed by atoms with Gasteiger partial charge in [0.05, 0.1) is 17.1 Å². The van der Waals surface area contributed by atoms with E-state index in [4.69, 9.17) is 4.74 Å². The van der Waals surface area contributed by atoms with Crippen molar-refractivity contribution in [2.45, 2.75) is 26.2 Å². The largest absolute Gasteiger partial charge is 0.497 e. The summed E-state index contributed by atoms with van der Waals surface area (Å²) in [5.74, 6) is 0.738. The van der Waals surface area contributed by atoms with Gasteiger partial charge in [0.1, 0.15) is 17.1 Å². The molecule has 0 aliphatic heterocycles. The average Bonchev–Trinajstić information content (AvgIpc) is 2.96. The molecule has 0 saturated heterocycles. The fraction of sp³-hybridized carbons (Fsp3) is 0.333. The van der Waals surface area contributed by atoms with Crippen LogP contribution < -0.4 is 9.16 Å². The molecule has 1 aromatic heterocycles. The summed E-state index contributed by atoms with van der Waals surface area (Å²) in [6, 6.07) is 7.28. The summed E-state index contributed by atoms with van der Waals surface area (Å²) in [5, 5.41) is 10.2. The van der Waals surface area contributed by atoms with E-state index in [2.05, 4.69) is 0 Å². The minimum Gasteiger partial charge on any atom is -0.497 e. The first-order chi connectivity index (χ1) is 9.63. The first-order valence-electron chi connectivity index (χ1n) is 6.67. The highest BCUT2D eigenvalue weighted by atomic mass is 16.5. The Labute approximate surface area is 116 Å². The van der Waals surface area contributed by atoms with E-state index in [0.29, 0.717) is 23.5 Å². The number of methoxy groups -OCH3 is 1. The predicted octanol–water partition coefficient (Wildman–Crippen LogP) is 2.11. The summed E-state index contributed by atoms with van der Waals surface area (Å²) in [7, 11) is 1.60. The van der Waals surface area contributed by atoms with Crippen molar-refractivity contribution in [1.82, 2.24) is 4.73 Å². The van der Waals surface area contributed by atoms with Crippen LogP contribution in [0.1, 0.15) is 23.5 Å². The zero-order valence-electron chi connectivity index (χ0n) is 11.6. The number of nitrogens with zero attached hydrogens (tertiary/aromatic N) is 2. The Morgan fingerprint density at radius 3 is 2.60 bits per heavy atom. The van der Waals surface area contributed by atoms with Gasteiger partial charge in [-0.2, -0.15) is 4.73 Å². The Bertz CT molecular complexity index is 717. The minimum absolute atomic E-state index is 0.496. The first kappa shape index (κ1) is 12.7. The van der Waals surface area contributed by atoms with Crippen molar-refractivity contribution in [3.05, 3.63) is 46.3 Å². The second kappa shape index (κ2) is 4.67. The highest BCUT2D eigenvalue weighted by Gasteiger charge is 2.31. The van der Waals surface area contributed by atoms with E-state index in [-0.39, 0.29) is 0 Å². The van der Waals surface area contributed by atoms with Gasteiger partial charge in [0.15, 0.2) is 0 Å². The van der Waals surface area contributed by atoms with Crippen LogP contribution in [-0.2, 0) is 12.8 Å². The number of benzene rings is 1. The van der Waals surface area contributed by atoms with Crippen LogP contribution in [0.5, 0.6) is 5.75 Å². The maximum atomic E-state index is 12.5. The lowest BCUT2D eigenvalue weighted by molar-refractivity contribution is -0.494. The Kier molecular flexibility index (Phi) is 2.97. The Morgan fingerprint density at radius 1 is 1.25 bits per heavy atom. The molecule has 5 heteroatoms. The third-order valence-electron chi connectivity index (χ3n) is 3.89. The summed E-state index contributed by atoms with van der Waals surface area (Å²) in [6.45, 7) is 1.76. The Morgan fingerprint density at radius 2 is 1.95 bits per heavy atom. The van der Waals surface area contributed by atoms with Gasteiger partial charge in [-0.1, -0.05) is 0 Å². The molecule has 0 fully saturated rings. The van der Waals surface area contributed by atoms with Gasteiger partial charge in [-0.05, 0) is 44.0 Å². The van der Waals surface area contributed by atoms with E-state index in [1.807, 2.05) is 24.3 Å². The molecule has 0 atom stereocenters. The van der Waals surface area contributed by atoms with Gasteiger partial charge in [0.2, 0.25) is 0 Å². The fourth-order valence-corrected chi connectivity index (χ4v) is 2.82. The maximum absolute atomic E-state index is 12.5. The van der Waals surface area contributed by atoms with Crippen LogP contribution in [-0.4, -0.2) is 17.0 Å². The lowest BCUT2D eigenvalue weighted by Gasteiger charge is -2.08. The molecule has 1 aliphatic carbocycles. The van der Waals surface area contributed by atoms with Crippen molar-refractivity contribution in [3.8, 4) is 17.0 Å². The molecular weight excluding hydrogens is 256 g/mol. The average molecular weight is 273 g/mol. The van der Waals surface area contributed by atoms with Gasteiger partial charge in [-0.3, -0.25) is 0 Å². The van der Waals surface area contributed by atoms with Crippen molar-refractivity contribution in [2.75, 3.05) is 7.11 Å². The van der Waals surface area contributed by atoms with Crippen molar-refractivity contribution in [3.63, 3.8) is 0 Å². The van der Waals surface area contributed by atoms with Gasteiger partial charge in [-0.25, -0.2) is 0 Å². The monoisotopic (exact) mass is 273 g/mol. The summed E-state index contributed by atoms with van der Waals surface area (Å²) >= 11 is 0. The van der Waals surface area contributed by atoms with Crippen LogP contribution in [0.3, 0.4) is 0 Å². The van der Waals surface area contributed by atoms with Crippen molar-refractivity contribution in [1.29, 1.82) is 0 Å². The van der Waals surface area contributed by atoms with Crippen LogP contribution >= 0.6 is 0 Å². The first-order valence-corrected chi connectivity index (χ1v) is 6.67. The fourth-order valence-electron chi connectivity index (χ4n) is 2.82. The van der Waals surface area contributed by atoms with Crippen LogP contribution in [0, 0.1) is 11.8 Å². The van der Waals surface area contributed by atoms with Crippen molar-refractivity contribution < 1.29 is 14.4 Å². The molecule has 20 heavy (non-hydrogen) atoms. The molecular formula is C15H17N2O3+. The summed E-state index contributed by atoms with van der Waals surface area (Å²) < 4.78 is 7.25. The topological polar surface area (TPSA) is 57.4 Å². The van der Waals surface area contributed by atoms with Gasteiger partial charge in [0, 0.05) is 11.3 Å². The molecule has 0 spiro atoms. The number of rotatable bonds is 2. The molecule has 1 aromatic carbocycles. The third kappa shape index (κ3) is 1.78. The second-order valence-electron chi connectivity index (χ2n) is 5.02. The lowest BCUT2D eigenvalue weighted by Crippen LogP contribution is -2.29. The highest BCUT2D eigenvalue weighted by Crippen LogP contribution is 2.26. The quantitative estimate of drug-likeness (QED) is 0.673. The molecule has 0 bridgehead atoms. The Balaban J connectivity index is 2.23. The standard InChI is InChI=1S/C15H17N2O3/c1-10-15(11-6-8-12(20-2)9-7-11)17(19)14-5-3-4-13(14)16(10)18/h6-9,18H,3-5H2,1-2H3/q+1. The molecule has 2 aromatic rings.